The number of hydrogen-bond acceptors (Lipinski definition) is 2. The Balaban J connectivity index is 2.17. The minimum absolute atomic E-state index is 0.00769. The van der Waals surface area contributed by atoms with Gasteiger partial charge in [0.1, 0.15) is 11.4 Å². The Hall–Kier alpha value is -0.740. The fraction of sp³-hybridized carbons (Fsp3) is 0.533. The molecule has 19 heavy (non-hydrogen) atoms. The summed E-state index contributed by atoms with van der Waals surface area (Å²) in [5.74, 6) is -0.342. The second kappa shape index (κ2) is 6.14. The number of carbonyl (C=O) groups is 1. The molecule has 0 saturated heterocycles. The molecule has 1 aromatic carbocycles. The number of halogens is 2. The topological polar surface area (TPSA) is 26.3 Å². The average molecular weight is 329 g/mol. The molecular formula is C15H18BrFO2. The van der Waals surface area contributed by atoms with E-state index in [-0.39, 0.29) is 18.0 Å². The smallest absolute Gasteiger partial charge is 0.169 e. The molecule has 2 rings (SSSR count). The number of rotatable bonds is 4. The Kier molecular flexibility index (Phi) is 4.74. The Labute approximate surface area is 121 Å². The van der Waals surface area contributed by atoms with Crippen molar-refractivity contribution in [3.63, 3.8) is 0 Å². The van der Waals surface area contributed by atoms with Crippen molar-refractivity contribution in [2.24, 2.45) is 0 Å². The molecule has 2 nitrogen and oxygen atoms in total. The number of ether oxygens (including phenoxy) is 1. The van der Waals surface area contributed by atoms with Gasteiger partial charge in [-0.05, 0) is 36.6 Å². The molecule has 1 saturated carbocycles. The highest BCUT2D eigenvalue weighted by Gasteiger charge is 2.39. The van der Waals surface area contributed by atoms with Crippen LogP contribution in [0.1, 0.15) is 37.7 Å². The van der Waals surface area contributed by atoms with E-state index in [1.54, 1.807) is 19.2 Å². The first-order valence-corrected chi connectivity index (χ1v) is 7.39. The molecule has 0 heterocycles. The number of ketones is 1. The van der Waals surface area contributed by atoms with Gasteiger partial charge in [-0.3, -0.25) is 4.79 Å². The summed E-state index contributed by atoms with van der Waals surface area (Å²) in [6, 6.07) is 4.68. The zero-order valence-corrected chi connectivity index (χ0v) is 12.6. The Bertz CT molecular complexity index is 467. The van der Waals surface area contributed by atoms with Crippen molar-refractivity contribution >= 4 is 21.7 Å². The molecule has 0 aromatic heterocycles. The van der Waals surface area contributed by atoms with E-state index in [1.807, 2.05) is 0 Å². The van der Waals surface area contributed by atoms with Crippen LogP contribution in [0, 0.1) is 5.82 Å². The predicted octanol–water partition coefficient (Wildman–Crippen LogP) is 4.05. The van der Waals surface area contributed by atoms with Gasteiger partial charge in [-0.1, -0.05) is 35.2 Å². The molecule has 0 spiro atoms. The van der Waals surface area contributed by atoms with Gasteiger partial charge in [0.15, 0.2) is 5.78 Å². The maximum Gasteiger partial charge on any atom is 0.169 e. The second-order valence-electron chi connectivity index (χ2n) is 5.09. The van der Waals surface area contributed by atoms with Crippen LogP contribution in [0.5, 0.6) is 0 Å². The molecule has 0 aliphatic heterocycles. The minimum Gasteiger partial charge on any atom is -0.370 e. The lowest BCUT2D eigenvalue weighted by molar-refractivity contribution is -0.144. The van der Waals surface area contributed by atoms with Gasteiger partial charge in [0.2, 0.25) is 0 Å². The quantitative estimate of drug-likeness (QED) is 0.833. The van der Waals surface area contributed by atoms with E-state index < -0.39 is 5.60 Å². The van der Waals surface area contributed by atoms with E-state index in [0.717, 1.165) is 36.6 Å². The molecule has 0 amide bonds. The maximum atomic E-state index is 13.7. The first-order chi connectivity index (χ1) is 9.07. The molecule has 1 aliphatic carbocycles. The van der Waals surface area contributed by atoms with E-state index >= 15 is 0 Å². The van der Waals surface area contributed by atoms with E-state index in [1.165, 1.54) is 6.07 Å². The van der Waals surface area contributed by atoms with Crippen LogP contribution in [0.4, 0.5) is 4.39 Å². The predicted molar refractivity (Wildman–Crippen MR) is 75.6 cm³/mol. The van der Waals surface area contributed by atoms with Crippen LogP contribution < -0.4 is 0 Å². The SMILES string of the molecule is COC1(C(=O)Cc2cc(Br)ccc2F)CCCCC1. The van der Waals surface area contributed by atoms with Crippen molar-refractivity contribution < 1.29 is 13.9 Å². The lowest BCUT2D eigenvalue weighted by atomic mass is 9.79. The highest BCUT2D eigenvalue weighted by Crippen LogP contribution is 2.33. The van der Waals surface area contributed by atoms with Crippen LogP contribution in [0.15, 0.2) is 22.7 Å². The van der Waals surface area contributed by atoms with Crippen molar-refractivity contribution in [2.75, 3.05) is 7.11 Å². The van der Waals surface area contributed by atoms with Crippen LogP contribution in [-0.4, -0.2) is 18.5 Å². The lowest BCUT2D eigenvalue weighted by Crippen LogP contribution is -2.43. The highest BCUT2D eigenvalue weighted by molar-refractivity contribution is 9.10. The normalized spacial score (nSPS) is 18.3. The van der Waals surface area contributed by atoms with Crippen LogP contribution in [0.3, 0.4) is 0 Å². The molecule has 4 heteroatoms. The first kappa shape index (κ1) is 14.7. The number of Topliss-reactive ketones (excluding diaryl/α,β-unsaturated/α-hetero) is 1. The third-order valence-corrected chi connectivity index (χ3v) is 4.41. The van der Waals surface area contributed by atoms with Crippen molar-refractivity contribution in [2.45, 2.75) is 44.1 Å². The summed E-state index contributed by atoms with van der Waals surface area (Å²) in [4.78, 5) is 12.5. The number of carbonyl (C=O) groups excluding carboxylic acids is 1. The van der Waals surface area contributed by atoms with Gasteiger partial charge in [0, 0.05) is 18.0 Å². The van der Waals surface area contributed by atoms with Crippen molar-refractivity contribution in [1.82, 2.24) is 0 Å². The van der Waals surface area contributed by atoms with Crippen LogP contribution >= 0.6 is 15.9 Å². The number of benzene rings is 1. The molecule has 0 unspecified atom stereocenters. The fourth-order valence-corrected chi connectivity index (χ4v) is 3.14. The summed E-state index contributed by atoms with van der Waals surface area (Å²) < 4.78 is 20.0. The van der Waals surface area contributed by atoms with E-state index in [4.69, 9.17) is 4.74 Å². The van der Waals surface area contributed by atoms with E-state index in [9.17, 15) is 9.18 Å². The zero-order valence-electron chi connectivity index (χ0n) is 11.0. The lowest BCUT2D eigenvalue weighted by Gasteiger charge is -2.34. The summed E-state index contributed by atoms with van der Waals surface area (Å²) in [6.07, 6.45) is 4.74. The summed E-state index contributed by atoms with van der Waals surface area (Å²) in [5.41, 5.74) is -0.270. The highest BCUT2D eigenvalue weighted by atomic mass is 79.9. The second-order valence-corrected chi connectivity index (χ2v) is 6.01. The van der Waals surface area contributed by atoms with Gasteiger partial charge in [0.05, 0.1) is 0 Å². The largest absolute Gasteiger partial charge is 0.370 e. The third-order valence-electron chi connectivity index (χ3n) is 3.92. The molecule has 1 aliphatic rings. The molecule has 104 valence electrons. The third kappa shape index (κ3) is 3.23. The Morgan fingerprint density at radius 3 is 2.68 bits per heavy atom. The van der Waals surface area contributed by atoms with Crippen LogP contribution in [-0.2, 0) is 16.0 Å². The zero-order chi connectivity index (χ0) is 13.9. The van der Waals surface area contributed by atoms with Crippen molar-refractivity contribution in [1.29, 1.82) is 0 Å². The average Bonchev–Trinajstić information content (AvgIpc) is 2.43. The molecule has 0 N–H and O–H groups in total. The molecule has 1 aromatic rings. The molecular weight excluding hydrogens is 311 g/mol. The summed E-state index contributed by atoms with van der Waals surface area (Å²) in [7, 11) is 1.58. The van der Waals surface area contributed by atoms with E-state index in [0.29, 0.717) is 5.56 Å². The van der Waals surface area contributed by atoms with Crippen LogP contribution in [0.2, 0.25) is 0 Å². The summed E-state index contributed by atoms with van der Waals surface area (Å²) in [6.45, 7) is 0. The summed E-state index contributed by atoms with van der Waals surface area (Å²) in [5, 5.41) is 0. The van der Waals surface area contributed by atoms with Crippen molar-refractivity contribution in [3.05, 3.63) is 34.1 Å². The molecule has 0 radical (unpaired) electrons. The first-order valence-electron chi connectivity index (χ1n) is 6.60. The van der Waals surface area contributed by atoms with Gasteiger partial charge in [-0.25, -0.2) is 4.39 Å². The molecule has 0 bridgehead atoms. The minimum atomic E-state index is -0.701. The van der Waals surface area contributed by atoms with Gasteiger partial charge in [0.25, 0.3) is 0 Å². The number of methoxy groups -OCH3 is 1. The van der Waals surface area contributed by atoms with Gasteiger partial charge < -0.3 is 4.74 Å². The molecule has 1 fully saturated rings. The monoisotopic (exact) mass is 328 g/mol. The van der Waals surface area contributed by atoms with E-state index in [2.05, 4.69) is 15.9 Å². The number of hydrogen-bond donors (Lipinski definition) is 0. The maximum absolute atomic E-state index is 13.7. The van der Waals surface area contributed by atoms with Gasteiger partial charge in [-0.2, -0.15) is 0 Å². The Morgan fingerprint density at radius 1 is 1.37 bits per heavy atom. The molecule has 0 atom stereocenters. The summed E-state index contributed by atoms with van der Waals surface area (Å²) >= 11 is 3.30. The van der Waals surface area contributed by atoms with Crippen molar-refractivity contribution in [3.8, 4) is 0 Å². The van der Waals surface area contributed by atoms with Gasteiger partial charge >= 0.3 is 0 Å². The van der Waals surface area contributed by atoms with Gasteiger partial charge in [-0.15, -0.1) is 0 Å². The van der Waals surface area contributed by atoms with Crippen LogP contribution in [0.25, 0.3) is 0 Å². The fourth-order valence-electron chi connectivity index (χ4n) is 2.73. The standard InChI is InChI=1S/C15H18BrFO2/c1-19-15(7-3-2-4-8-15)14(18)10-11-9-12(16)5-6-13(11)17/h5-6,9H,2-4,7-8,10H2,1H3. The Morgan fingerprint density at radius 2 is 2.05 bits per heavy atom.